The third kappa shape index (κ3) is 19.1. The molecule has 6 aromatic carbocycles. The SMILES string of the molecule is NCCCC[C@H](NC(=O)Cc1ccccc1)C(=O)Nc1ccc(C(c2ccc(NC(=O)[C@H](CCCCN)NC(=O)Cc3ccccc3)cc2)c2ccc(NC(=O)[C@H](CCCCN)NC(=O)Cc3ccccc3)cc2)cc1. The van der Waals surface area contributed by atoms with Crippen LogP contribution in [0.15, 0.2) is 164 Å². The standard InChI is InChI=1S/C61H73N9O6/c62-37-13-10-22-52(68-55(71)40-43-16-4-1-5-17-43)59(74)65-49-31-25-46(26-32-49)58(47-27-33-50(34-28-47)66-60(75)53(23-11-14-38-63)69-56(72)41-44-18-6-2-7-19-44)48-29-35-51(36-30-48)67-61(76)54(24-12-15-39-64)70-57(73)42-45-20-8-3-9-21-45/h1-9,16-21,25-36,52-54,58H,10-15,22-24,37-42,62-64H2,(H,65,74)(H,66,75)(H,67,76)(H,68,71)(H,69,72)(H,70,73)/t52-,53-,54-/m0/s1. The van der Waals surface area contributed by atoms with Crippen LogP contribution in [0.1, 0.15) is 97.1 Å². The van der Waals surface area contributed by atoms with E-state index in [0.29, 0.717) is 94.5 Å². The second kappa shape index (κ2) is 31.0. The zero-order valence-electron chi connectivity index (χ0n) is 43.2. The molecule has 15 nitrogen and oxygen atoms in total. The summed E-state index contributed by atoms with van der Waals surface area (Å²) in [6.45, 7) is 1.42. The molecule has 6 rings (SSSR count). The van der Waals surface area contributed by atoms with Crippen LogP contribution in [0.2, 0.25) is 0 Å². The molecule has 0 unspecified atom stereocenters. The van der Waals surface area contributed by atoms with E-state index in [2.05, 4.69) is 31.9 Å². The average Bonchev–Trinajstić information content (AvgIpc) is 3.42. The highest BCUT2D eigenvalue weighted by Crippen LogP contribution is 2.34. The molecule has 0 saturated heterocycles. The Morgan fingerprint density at radius 1 is 0.329 bits per heavy atom. The Balaban J connectivity index is 1.22. The van der Waals surface area contributed by atoms with Gasteiger partial charge in [-0.3, -0.25) is 28.8 Å². The first-order valence-electron chi connectivity index (χ1n) is 26.3. The number of hydrogen-bond donors (Lipinski definition) is 9. The van der Waals surface area contributed by atoms with Gasteiger partial charge in [0.1, 0.15) is 18.1 Å². The molecule has 3 atom stereocenters. The summed E-state index contributed by atoms with van der Waals surface area (Å²) in [5.74, 6) is -2.14. The van der Waals surface area contributed by atoms with Gasteiger partial charge >= 0.3 is 0 Å². The molecule has 6 aromatic rings. The summed E-state index contributed by atoms with van der Waals surface area (Å²) < 4.78 is 0. The molecule has 0 aliphatic rings. The Kier molecular flexibility index (Phi) is 23.4. The van der Waals surface area contributed by atoms with Gasteiger partial charge in [-0.1, -0.05) is 127 Å². The van der Waals surface area contributed by atoms with E-state index < -0.39 is 18.1 Å². The van der Waals surface area contributed by atoms with Gasteiger partial charge in [0.15, 0.2) is 0 Å². The number of nitrogens with two attached hydrogens (primary N) is 3. The number of benzene rings is 6. The number of hydrogen-bond acceptors (Lipinski definition) is 9. The Hall–Kier alpha value is -7.98. The second-order valence-electron chi connectivity index (χ2n) is 19.0. The zero-order chi connectivity index (χ0) is 53.9. The van der Waals surface area contributed by atoms with Gasteiger partial charge in [0, 0.05) is 23.0 Å². The van der Waals surface area contributed by atoms with Crippen molar-refractivity contribution in [3.63, 3.8) is 0 Å². The molecule has 0 aliphatic heterocycles. The average molecular weight is 1030 g/mol. The fourth-order valence-electron chi connectivity index (χ4n) is 8.91. The van der Waals surface area contributed by atoms with Crippen molar-refractivity contribution in [2.24, 2.45) is 17.2 Å². The van der Waals surface area contributed by atoms with Gasteiger partial charge in [-0.15, -0.1) is 0 Å². The van der Waals surface area contributed by atoms with Crippen molar-refractivity contribution < 1.29 is 28.8 Å². The van der Waals surface area contributed by atoms with Gasteiger partial charge in [-0.05, 0) is 147 Å². The molecule has 398 valence electrons. The zero-order valence-corrected chi connectivity index (χ0v) is 43.2. The van der Waals surface area contributed by atoms with Crippen LogP contribution in [0.4, 0.5) is 17.1 Å². The van der Waals surface area contributed by atoms with E-state index in [-0.39, 0.29) is 60.6 Å². The highest BCUT2D eigenvalue weighted by Gasteiger charge is 2.25. The van der Waals surface area contributed by atoms with Crippen LogP contribution in [0.25, 0.3) is 0 Å². The number of unbranched alkanes of at least 4 members (excludes halogenated alkanes) is 3. The van der Waals surface area contributed by atoms with Crippen molar-refractivity contribution in [3.8, 4) is 0 Å². The summed E-state index contributed by atoms with van der Waals surface area (Å²) in [7, 11) is 0. The Bertz CT molecular complexity index is 2440. The van der Waals surface area contributed by atoms with Gasteiger partial charge < -0.3 is 49.1 Å². The van der Waals surface area contributed by atoms with Crippen LogP contribution in [0.3, 0.4) is 0 Å². The maximum absolute atomic E-state index is 13.8. The van der Waals surface area contributed by atoms with Gasteiger partial charge in [0.2, 0.25) is 35.4 Å². The molecule has 12 N–H and O–H groups in total. The Morgan fingerprint density at radius 3 is 0.816 bits per heavy atom. The van der Waals surface area contributed by atoms with Gasteiger partial charge in [-0.25, -0.2) is 0 Å². The quantitative estimate of drug-likeness (QED) is 0.0163. The number of amides is 6. The third-order valence-corrected chi connectivity index (χ3v) is 13.0. The predicted molar refractivity (Wildman–Crippen MR) is 301 cm³/mol. The predicted octanol–water partition coefficient (Wildman–Crippen LogP) is 7.25. The van der Waals surface area contributed by atoms with Gasteiger partial charge in [0.25, 0.3) is 0 Å². The lowest BCUT2D eigenvalue weighted by molar-refractivity contribution is -0.126. The van der Waals surface area contributed by atoms with E-state index in [1.54, 1.807) is 0 Å². The normalized spacial score (nSPS) is 12.2. The molecular formula is C61H73N9O6. The first kappa shape index (κ1) is 57.3. The minimum absolute atomic E-state index is 0.143. The van der Waals surface area contributed by atoms with E-state index in [9.17, 15) is 28.8 Å². The summed E-state index contributed by atoms with van der Waals surface area (Å²) in [5.41, 5.74) is 24.1. The summed E-state index contributed by atoms with van der Waals surface area (Å²) in [5, 5.41) is 17.8. The monoisotopic (exact) mass is 1030 g/mol. The van der Waals surface area contributed by atoms with Crippen LogP contribution >= 0.6 is 0 Å². The lowest BCUT2D eigenvalue weighted by atomic mass is 9.85. The number of nitrogens with one attached hydrogen (secondary N) is 6. The lowest BCUT2D eigenvalue weighted by Gasteiger charge is -2.22. The molecule has 0 radical (unpaired) electrons. The molecule has 0 fully saturated rings. The van der Waals surface area contributed by atoms with Crippen LogP contribution in [-0.2, 0) is 48.0 Å². The fraction of sp³-hybridized carbons (Fsp3) is 0.311. The summed E-state index contributed by atoms with van der Waals surface area (Å²) in [6.07, 6.45) is 5.81. The highest BCUT2D eigenvalue weighted by molar-refractivity contribution is 5.99. The van der Waals surface area contributed by atoms with E-state index in [4.69, 9.17) is 17.2 Å². The fourth-order valence-corrected chi connectivity index (χ4v) is 8.91. The summed E-state index contributed by atoms with van der Waals surface area (Å²) >= 11 is 0. The van der Waals surface area contributed by atoms with Crippen LogP contribution in [-0.4, -0.2) is 73.2 Å². The topological polar surface area (TPSA) is 253 Å². The second-order valence-corrected chi connectivity index (χ2v) is 19.0. The molecule has 0 saturated carbocycles. The van der Waals surface area contributed by atoms with Crippen LogP contribution in [0, 0.1) is 0 Å². The molecule has 76 heavy (non-hydrogen) atoms. The minimum atomic E-state index is -0.772. The van der Waals surface area contributed by atoms with Crippen molar-refractivity contribution in [3.05, 3.63) is 197 Å². The number of anilines is 3. The maximum Gasteiger partial charge on any atom is 0.246 e. The number of rotatable bonds is 30. The first-order valence-corrected chi connectivity index (χ1v) is 26.3. The molecule has 0 spiro atoms. The Labute approximate surface area is 446 Å². The largest absolute Gasteiger partial charge is 0.344 e. The molecule has 0 aliphatic carbocycles. The lowest BCUT2D eigenvalue weighted by Crippen LogP contribution is -2.44. The Morgan fingerprint density at radius 2 is 0.579 bits per heavy atom. The van der Waals surface area contributed by atoms with Crippen molar-refractivity contribution in [2.75, 3.05) is 35.6 Å². The van der Waals surface area contributed by atoms with Gasteiger partial charge in [0.05, 0.1) is 19.3 Å². The summed E-state index contributed by atoms with van der Waals surface area (Å²) in [6, 6.07) is 48.2. The van der Waals surface area contributed by atoms with Crippen LogP contribution in [0.5, 0.6) is 0 Å². The third-order valence-electron chi connectivity index (χ3n) is 13.0. The smallest absolute Gasteiger partial charge is 0.246 e. The molecule has 0 aromatic heterocycles. The molecule has 6 amide bonds. The molecule has 0 bridgehead atoms. The van der Waals surface area contributed by atoms with Crippen molar-refractivity contribution in [1.29, 1.82) is 0 Å². The van der Waals surface area contributed by atoms with Crippen LogP contribution < -0.4 is 49.1 Å². The van der Waals surface area contributed by atoms with Crippen molar-refractivity contribution in [1.82, 2.24) is 16.0 Å². The van der Waals surface area contributed by atoms with Crippen molar-refractivity contribution >= 4 is 52.5 Å². The minimum Gasteiger partial charge on any atom is -0.344 e. The van der Waals surface area contributed by atoms with E-state index in [1.165, 1.54) is 0 Å². The van der Waals surface area contributed by atoms with E-state index >= 15 is 0 Å². The molecular weight excluding hydrogens is 955 g/mol. The molecule has 15 heteroatoms. The number of carbonyl (C=O) groups excluding carboxylic acids is 6. The number of carbonyl (C=O) groups is 6. The summed E-state index contributed by atoms with van der Waals surface area (Å²) in [4.78, 5) is 80.6. The van der Waals surface area contributed by atoms with Crippen molar-refractivity contribution in [2.45, 2.75) is 101 Å². The highest BCUT2D eigenvalue weighted by atomic mass is 16.2. The maximum atomic E-state index is 13.8. The molecule has 0 heterocycles. The first-order chi connectivity index (χ1) is 37.0. The van der Waals surface area contributed by atoms with Gasteiger partial charge in [-0.2, -0.15) is 0 Å². The van der Waals surface area contributed by atoms with E-state index in [1.807, 2.05) is 164 Å². The van der Waals surface area contributed by atoms with E-state index in [0.717, 1.165) is 33.4 Å².